The second kappa shape index (κ2) is 7.06. The number of halogens is 4. The van der Waals surface area contributed by atoms with E-state index in [2.05, 4.69) is 30.0 Å². The van der Waals surface area contributed by atoms with Crippen molar-refractivity contribution >= 4 is 12.1 Å². The Labute approximate surface area is 132 Å². The lowest BCUT2D eigenvalue weighted by Gasteiger charge is -2.04. The first-order valence-electron chi connectivity index (χ1n) is 6.37. The highest BCUT2D eigenvalue weighted by molar-refractivity contribution is 5.95. The average Bonchev–Trinajstić information content (AvgIpc) is 3.01. The first-order valence-corrected chi connectivity index (χ1v) is 6.37. The summed E-state index contributed by atoms with van der Waals surface area (Å²) in [6.45, 7) is 0.00759. The van der Waals surface area contributed by atoms with Crippen molar-refractivity contribution in [2.24, 2.45) is 5.16 Å². The molecule has 128 valence electrons. The van der Waals surface area contributed by atoms with Crippen molar-refractivity contribution in [2.75, 3.05) is 13.7 Å². The molecule has 2 aromatic rings. The van der Waals surface area contributed by atoms with E-state index in [1.165, 1.54) is 19.4 Å². The molecule has 0 fully saturated rings. The van der Waals surface area contributed by atoms with E-state index < -0.39 is 29.6 Å². The summed E-state index contributed by atoms with van der Waals surface area (Å²) in [5, 5.41) is 8.87. The number of carbonyl (C=O) groups excluding carboxylic acids is 1. The lowest BCUT2D eigenvalue weighted by molar-refractivity contribution is -0.159. The van der Waals surface area contributed by atoms with Gasteiger partial charge in [-0.05, 0) is 12.1 Å². The molecule has 7 nitrogen and oxygen atoms in total. The molecule has 0 radical (unpaired) electrons. The molecule has 0 atom stereocenters. The number of hydrogen-bond acceptors (Lipinski definition) is 6. The highest BCUT2D eigenvalue weighted by atomic mass is 19.4. The third-order valence-electron chi connectivity index (χ3n) is 2.67. The molecule has 1 aromatic carbocycles. The SMILES string of the molecule is CON=CCNC(=O)c1ccc(-c2noc(C(F)(F)F)n2)cc1F. The topological polar surface area (TPSA) is 89.6 Å². The Morgan fingerprint density at radius 1 is 1.46 bits per heavy atom. The number of rotatable bonds is 5. The van der Waals surface area contributed by atoms with Crippen LogP contribution >= 0.6 is 0 Å². The Hall–Kier alpha value is -2.98. The van der Waals surface area contributed by atoms with Gasteiger partial charge in [-0.15, -0.1) is 0 Å². The second-order valence-corrected chi connectivity index (χ2v) is 4.30. The second-order valence-electron chi connectivity index (χ2n) is 4.30. The number of carbonyl (C=O) groups is 1. The van der Waals surface area contributed by atoms with Crippen molar-refractivity contribution in [1.82, 2.24) is 15.5 Å². The third-order valence-corrected chi connectivity index (χ3v) is 2.67. The number of benzene rings is 1. The van der Waals surface area contributed by atoms with E-state index in [1.54, 1.807) is 0 Å². The summed E-state index contributed by atoms with van der Waals surface area (Å²) in [6.07, 6.45) is -3.55. The lowest BCUT2D eigenvalue weighted by Crippen LogP contribution is -2.26. The van der Waals surface area contributed by atoms with Gasteiger partial charge in [-0.1, -0.05) is 16.4 Å². The van der Waals surface area contributed by atoms with Crippen molar-refractivity contribution in [3.8, 4) is 11.4 Å². The molecule has 2 rings (SSSR count). The van der Waals surface area contributed by atoms with Gasteiger partial charge in [-0.2, -0.15) is 18.2 Å². The van der Waals surface area contributed by atoms with Crippen molar-refractivity contribution in [3.05, 3.63) is 35.5 Å². The van der Waals surface area contributed by atoms with Crippen LogP contribution in [0.1, 0.15) is 16.2 Å². The van der Waals surface area contributed by atoms with Crippen LogP contribution in [0.25, 0.3) is 11.4 Å². The van der Waals surface area contributed by atoms with E-state index in [4.69, 9.17) is 0 Å². The van der Waals surface area contributed by atoms with Crippen LogP contribution in [-0.4, -0.2) is 35.9 Å². The van der Waals surface area contributed by atoms with Crippen LogP contribution < -0.4 is 5.32 Å². The smallest absolute Gasteiger partial charge is 0.399 e. The van der Waals surface area contributed by atoms with Gasteiger partial charge in [0.2, 0.25) is 5.82 Å². The fourth-order valence-corrected chi connectivity index (χ4v) is 1.64. The van der Waals surface area contributed by atoms with Crippen molar-refractivity contribution in [1.29, 1.82) is 0 Å². The van der Waals surface area contributed by atoms with Crippen molar-refractivity contribution < 1.29 is 31.7 Å². The monoisotopic (exact) mass is 346 g/mol. The molecular weight excluding hydrogens is 336 g/mol. The maximum absolute atomic E-state index is 14.0. The Bertz CT molecular complexity index is 758. The van der Waals surface area contributed by atoms with Gasteiger partial charge in [0, 0.05) is 5.56 Å². The molecule has 1 aromatic heterocycles. The first-order chi connectivity index (χ1) is 11.3. The van der Waals surface area contributed by atoms with E-state index in [0.29, 0.717) is 0 Å². The summed E-state index contributed by atoms with van der Waals surface area (Å²) in [5.74, 6) is -3.67. The van der Waals surface area contributed by atoms with Crippen LogP contribution in [0.3, 0.4) is 0 Å². The highest BCUT2D eigenvalue weighted by Crippen LogP contribution is 2.29. The standard InChI is InChI=1S/C13H10F4N4O3/c1-23-19-5-4-18-11(22)8-3-2-7(6-9(8)14)10-20-12(24-21-10)13(15,16)17/h2-3,5-6H,4H2,1H3,(H,18,22). The predicted molar refractivity (Wildman–Crippen MR) is 72.5 cm³/mol. The summed E-state index contributed by atoms with van der Waals surface area (Å²) >= 11 is 0. The fourth-order valence-electron chi connectivity index (χ4n) is 1.64. The quantitative estimate of drug-likeness (QED) is 0.510. The molecular formula is C13H10F4N4O3. The summed E-state index contributed by atoms with van der Waals surface area (Å²) in [5.41, 5.74) is -0.367. The molecule has 0 saturated heterocycles. The summed E-state index contributed by atoms with van der Waals surface area (Å²) < 4.78 is 55.2. The molecule has 0 saturated carbocycles. The molecule has 0 aliphatic carbocycles. The number of aromatic nitrogens is 2. The maximum atomic E-state index is 14.0. The molecule has 1 amide bonds. The number of amides is 1. The fraction of sp³-hybridized carbons (Fsp3) is 0.231. The van der Waals surface area contributed by atoms with Gasteiger partial charge in [0.15, 0.2) is 0 Å². The van der Waals surface area contributed by atoms with E-state index in [1.807, 2.05) is 0 Å². The number of nitrogens with zero attached hydrogens (tertiary/aromatic N) is 3. The van der Waals surface area contributed by atoms with Crippen LogP contribution in [0, 0.1) is 5.82 Å². The van der Waals surface area contributed by atoms with Crippen LogP contribution in [0.4, 0.5) is 17.6 Å². The maximum Gasteiger partial charge on any atom is 0.471 e. The largest absolute Gasteiger partial charge is 0.471 e. The number of nitrogens with one attached hydrogen (secondary N) is 1. The van der Waals surface area contributed by atoms with Gasteiger partial charge in [0.05, 0.1) is 18.3 Å². The molecule has 11 heteroatoms. The van der Waals surface area contributed by atoms with Crippen LogP contribution in [-0.2, 0) is 11.0 Å². The molecule has 1 N–H and O–H groups in total. The van der Waals surface area contributed by atoms with Gasteiger partial charge in [0.1, 0.15) is 12.9 Å². The zero-order valence-corrected chi connectivity index (χ0v) is 12.1. The summed E-state index contributed by atoms with van der Waals surface area (Å²) in [4.78, 5) is 19.3. The molecule has 0 unspecified atom stereocenters. The molecule has 0 spiro atoms. The first kappa shape index (κ1) is 17.4. The Morgan fingerprint density at radius 2 is 2.21 bits per heavy atom. The van der Waals surface area contributed by atoms with Crippen LogP contribution in [0.2, 0.25) is 0 Å². The molecule has 1 heterocycles. The molecule has 0 aliphatic heterocycles. The molecule has 0 aliphatic rings. The average molecular weight is 346 g/mol. The van der Waals surface area contributed by atoms with Gasteiger partial charge >= 0.3 is 12.1 Å². The minimum absolute atomic E-state index is 0.00759. The van der Waals surface area contributed by atoms with Gasteiger partial charge < -0.3 is 14.7 Å². The van der Waals surface area contributed by atoms with E-state index in [-0.39, 0.29) is 17.7 Å². The summed E-state index contributed by atoms with van der Waals surface area (Å²) in [6, 6.07) is 3.13. The number of alkyl halides is 3. The van der Waals surface area contributed by atoms with E-state index in [0.717, 1.165) is 12.1 Å². The Kier molecular flexibility index (Phi) is 5.11. The number of oxime groups is 1. The van der Waals surface area contributed by atoms with Gasteiger partial charge in [0.25, 0.3) is 5.91 Å². The Balaban J connectivity index is 2.16. The van der Waals surface area contributed by atoms with Crippen molar-refractivity contribution in [2.45, 2.75) is 6.18 Å². The third kappa shape index (κ3) is 4.06. The predicted octanol–water partition coefficient (Wildman–Crippen LogP) is 2.26. The van der Waals surface area contributed by atoms with E-state index in [9.17, 15) is 22.4 Å². The normalized spacial score (nSPS) is 11.7. The zero-order chi connectivity index (χ0) is 17.7. The molecule has 0 bridgehead atoms. The van der Waals surface area contributed by atoms with E-state index >= 15 is 0 Å². The summed E-state index contributed by atoms with van der Waals surface area (Å²) in [7, 11) is 1.32. The van der Waals surface area contributed by atoms with Gasteiger partial charge in [-0.3, -0.25) is 4.79 Å². The van der Waals surface area contributed by atoms with Crippen molar-refractivity contribution in [3.63, 3.8) is 0 Å². The number of hydrogen-bond donors (Lipinski definition) is 1. The zero-order valence-electron chi connectivity index (χ0n) is 12.1. The minimum atomic E-state index is -4.80. The van der Waals surface area contributed by atoms with Crippen LogP contribution in [0.15, 0.2) is 27.9 Å². The Morgan fingerprint density at radius 3 is 2.79 bits per heavy atom. The minimum Gasteiger partial charge on any atom is -0.399 e. The lowest BCUT2D eigenvalue weighted by atomic mass is 10.1. The van der Waals surface area contributed by atoms with Crippen LogP contribution in [0.5, 0.6) is 0 Å². The highest BCUT2D eigenvalue weighted by Gasteiger charge is 2.38. The van der Waals surface area contributed by atoms with Gasteiger partial charge in [-0.25, -0.2) is 4.39 Å². The molecule has 24 heavy (non-hydrogen) atoms.